The minimum absolute atomic E-state index is 0.505. The summed E-state index contributed by atoms with van der Waals surface area (Å²) in [4.78, 5) is 21.6. The molecule has 0 radical (unpaired) electrons. The van der Waals surface area contributed by atoms with Crippen LogP contribution in [0, 0.1) is 5.92 Å². The Hall–Kier alpha value is -0.610. The first-order valence-corrected chi connectivity index (χ1v) is 6.16. The van der Waals surface area contributed by atoms with Crippen LogP contribution in [0.2, 0.25) is 0 Å². The zero-order chi connectivity index (χ0) is 13.6. The third kappa shape index (κ3) is 4.28. The SMILES string of the molecule is CCCC[C@@H](O)[C@H](C)C(=O)[C@@](C)(Cl)C(=O)OC. The first-order chi connectivity index (χ1) is 7.78. The number of halogens is 1. The van der Waals surface area contributed by atoms with E-state index < -0.39 is 28.6 Å². The van der Waals surface area contributed by atoms with Crippen LogP contribution in [-0.4, -0.2) is 34.9 Å². The highest BCUT2D eigenvalue weighted by Gasteiger charge is 2.43. The first kappa shape index (κ1) is 16.4. The molecule has 17 heavy (non-hydrogen) atoms. The molecule has 0 heterocycles. The van der Waals surface area contributed by atoms with E-state index >= 15 is 0 Å². The first-order valence-electron chi connectivity index (χ1n) is 5.78. The molecule has 3 atom stereocenters. The molecule has 0 aliphatic rings. The smallest absolute Gasteiger partial charge is 0.334 e. The van der Waals surface area contributed by atoms with E-state index in [0.29, 0.717) is 6.42 Å². The zero-order valence-electron chi connectivity index (χ0n) is 10.8. The van der Waals surface area contributed by atoms with Gasteiger partial charge in [0, 0.05) is 5.92 Å². The summed E-state index contributed by atoms with van der Waals surface area (Å²) in [6, 6.07) is 0. The van der Waals surface area contributed by atoms with E-state index in [1.165, 1.54) is 14.0 Å². The van der Waals surface area contributed by atoms with Gasteiger partial charge in [0.1, 0.15) is 0 Å². The maximum Gasteiger partial charge on any atom is 0.334 e. The van der Waals surface area contributed by atoms with Crippen molar-refractivity contribution in [1.29, 1.82) is 0 Å². The molecule has 4 nitrogen and oxygen atoms in total. The average molecular weight is 265 g/mol. The van der Waals surface area contributed by atoms with Gasteiger partial charge in [-0.15, -0.1) is 0 Å². The van der Waals surface area contributed by atoms with Crippen molar-refractivity contribution in [2.45, 2.75) is 51.0 Å². The topological polar surface area (TPSA) is 63.6 Å². The number of rotatable bonds is 7. The van der Waals surface area contributed by atoms with Crippen molar-refractivity contribution in [3.05, 3.63) is 0 Å². The summed E-state index contributed by atoms with van der Waals surface area (Å²) >= 11 is 5.88. The standard InChI is InChI=1S/C12H21ClO4/c1-5-6-7-9(14)8(2)10(15)12(3,13)11(16)17-4/h8-9,14H,5-7H2,1-4H3/t8-,9+,12+/m0/s1. The molecule has 0 saturated heterocycles. The van der Waals surface area contributed by atoms with Crippen molar-refractivity contribution in [3.8, 4) is 0 Å². The monoisotopic (exact) mass is 264 g/mol. The molecule has 0 aliphatic carbocycles. The molecule has 0 bridgehead atoms. The van der Waals surface area contributed by atoms with E-state index in [0.717, 1.165) is 12.8 Å². The fourth-order valence-corrected chi connectivity index (χ4v) is 1.81. The molecule has 0 saturated carbocycles. The Labute approximate surface area is 107 Å². The molecule has 0 spiro atoms. The Kier molecular flexibility index (Phi) is 6.72. The van der Waals surface area contributed by atoms with E-state index in [-0.39, 0.29) is 0 Å². The third-order valence-corrected chi connectivity index (χ3v) is 3.22. The van der Waals surface area contributed by atoms with Crippen molar-refractivity contribution >= 4 is 23.4 Å². The van der Waals surface area contributed by atoms with Gasteiger partial charge in [-0.05, 0) is 13.3 Å². The second kappa shape index (κ2) is 6.97. The van der Waals surface area contributed by atoms with Crippen molar-refractivity contribution in [1.82, 2.24) is 0 Å². The van der Waals surface area contributed by atoms with Crippen molar-refractivity contribution in [2.24, 2.45) is 5.92 Å². The van der Waals surface area contributed by atoms with Crippen LogP contribution >= 0.6 is 11.6 Å². The second-order valence-corrected chi connectivity index (χ2v) is 5.11. The molecule has 0 amide bonds. The molecule has 0 rings (SSSR count). The van der Waals surface area contributed by atoms with Crippen LogP contribution in [0.3, 0.4) is 0 Å². The Morgan fingerprint density at radius 1 is 1.47 bits per heavy atom. The van der Waals surface area contributed by atoms with Crippen LogP contribution in [0.4, 0.5) is 0 Å². The van der Waals surface area contributed by atoms with Gasteiger partial charge in [0.2, 0.25) is 0 Å². The van der Waals surface area contributed by atoms with Crippen LogP contribution in [0.25, 0.3) is 0 Å². The molecule has 0 unspecified atom stereocenters. The van der Waals surface area contributed by atoms with E-state index in [2.05, 4.69) is 4.74 Å². The molecule has 1 N–H and O–H groups in total. The fraction of sp³-hybridized carbons (Fsp3) is 0.833. The fourth-order valence-electron chi connectivity index (χ4n) is 1.56. The molecular formula is C12H21ClO4. The maximum atomic E-state index is 12.0. The molecule has 0 aromatic rings. The molecule has 0 fully saturated rings. The summed E-state index contributed by atoms with van der Waals surface area (Å²) in [5.74, 6) is -1.98. The van der Waals surface area contributed by atoms with Crippen molar-refractivity contribution in [2.75, 3.05) is 7.11 Å². The lowest BCUT2D eigenvalue weighted by Crippen LogP contribution is -2.45. The molecule has 0 aromatic carbocycles. The van der Waals surface area contributed by atoms with Gasteiger partial charge >= 0.3 is 5.97 Å². The third-order valence-electron chi connectivity index (χ3n) is 2.88. The highest BCUT2D eigenvalue weighted by atomic mass is 35.5. The summed E-state index contributed by atoms with van der Waals surface area (Å²) in [7, 11) is 1.18. The number of unbranched alkanes of at least 4 members (excludes halogenated alkanes) is 1. The summed E-state index contributed by atoms with van der Waals surface area (Å²) in [5, 5.41) is 9.81. The van der Waals surface area contributed by atoms with Gasteiger partial charge in [0.15, 0.2) is 10.7 Å². The number of carbonyl (C=O) groups excluding carboxylic acids is 2. The van der Waals surface area contributed by atoms with E-state index in [9.17, 15) is 14.7 Å². The summed E-state index contributed by atoms with van der Waals surface area (Å²) in [5.41, 5.74) is 0. The van der Waals surface area contributed by atoms with E-state index in [1.807, 2.05) is 6.92 Å². The van der Waals surface area contributed by atoms with Crippen molar-refractivity contribution < 1.29 is 19.4 Å². The number of hydrogen-bond acceptors (Lipinski definition) is 4. The van der Waals surface area contributed by atoms with Crippen LogP contribution in [0.15, 0.2) is 0 Å². The lowest BCUT2D eigenvalue weighted by Gasteiger charge is -2.24. The van der Waals surface area contributed by atoms with E-state index in [4.69, 9.17) is 11.6 Å². The Morgan fingerprint density at radius 2 is 2.00 bits per heavy atom. The lowest BCUT2D eigenvalue weighted by molar-refractivity contribution is -0.148. The highest BCUT2D eigenvalue weighted by molar-refractivity contribution is 6.45. The molecular weight excluding hydrogens is 244 g/mol. The van der Waals surface area contributed by atoms with Crippen molar-refractivity contribution in [3.63, 3.8) is 0 Å². The number of ketones is 1. The van der Waals surface area contributed by atoms with Gasteiger partial charge in [0.05, 0.1) is 13.2 Å². The number of ether oxygens (including phenoxy) is 1. The normalized spacial score (nSPS) is 18.0. The molecule has 100 valence electrons. The van der Waals surface area contributed by atoms with E-state index in [1.54, 1.807) is 6.92 Å². The van der Waals surface area contributed by atoms with Gasteiger partial charge in [-0.25, -0.2) is 4.79 Å². The largest absolute Gasteiger partial charge is 0.467 e. The van der Waals surface area contributed by atoms with Crippen LogP contribution in [0.5, 0.6) is 0 Å². The molecule has 0 aromatic heterocycles. The Bertz CT molecular complexity index is 276. The van der Waals surface area contributed by atoms with Gasteiger partial charge < -0.3 is 9.84 Å². The number of carbonyl (C=O) groups is 2. The summed E-state index contributed by atoms with van der Waals surface area (Å²) < 4.78 is 4.47. The zero-order valence-corrected chi connectivity index (χ0v) is 11.6. The van der Waals surface area contributed by atoms with Gasteiger partial charge in [0.25, 0.3) is 0 Å². The summed E-state index contributed by atoms with van der Waals surface area (Å²) in [6.07, 6.45) is 1.52. The lowest BCUT2D eigenvalue weighted by atomic mass is 9.88. The highest BCUT2D eigenvalue weighted by Crippen LogP contribution is 2.25. The number of aliphatic hydroxyl groups is 1. The van der Waals surface area contributed by atoms with Gasteiger partial charge in [-0.3, -0.25) is 4.79 Å². The number of methoxy groups -OCH3 is 1. The molecule has 5 heteroatoms. The summed E-state index contributed by atoms with van der Waals surface area (Å²) in [6.45, 7) is 4.87. The minimum Gasteiger partial charge on any atom is -0.467 e. The number of alkyl halides is 1. The quantitative estimate of drug-likeness (QED) is 0.433. The minimum atomic E-state index is -1.72. The maximum absolute atomic E-state index is 12.0. The second-order valence-electron chi connectivity index (χ2n) is 4.36. The van der Waals surface area contributed by atoms with Gasteiger partial charge in [-0.1, -0.05) is 38.3 Å². The molecule has 0 aliphatic heterocycles. The van der Waals surface area contributed by atoms with Gasteiger partial charge in [-0.2, -0.15) is 0 Å². The van der Waals surface area contributed by atoms with Crippen LogP contribution in [-0.2, 0) is 14.3 Å². The predicted molar refractivity (Wildman–Crippen MR) is 66.0 cm³/mol. The van der Waals surface area contributed by atoms with Crippen LogP contribution in [0.1, 0.15) is 40.0 Å². The van der Waals surface area contributed by atoms with Crippen LogP contribution < -0.4 is 0 Å². The number of hydrogen-bond donors (Lipinski definition) is 1. The number of esters is 1. The number of aliphatic hydroxyl groups excluding tert-OH is 1. The average Bonchev–Trinajstić information content (AvgIpc) is 2.32. The number of Topliss-reactive ketones (excluding diaryl/α,β-unsaturated/α-hetero) is 1. The Morgan fingerprint density at radius 3 is 2.41 bits per heavy atom. The predicted octanol–water partition coefficient (Wildman–Crippen LogP) is 1.91. The Balaban J connectivity index is 4.63.